The van der Waals surface area contributed by atoms with Gasteiger partial charge in [-0.3, -0.25) is 0 Å². The highest BCUT2D eigenvalue weighted by Crippen LogP contribution is 2.04. The lowest BCUT2D eigenvalue weighted by atomic mass is 10.3. The molecule has 0 N–H and O–H groups in total. The molecule has 1 rings (SSSR count). The molecule has 1 unspecified atom stereocenters. The molecule has 0 aromatic carbocycles. The van der Waals surface area contributed by atoms with E-state index in [-0.39, 0.29) is 0 Å². The average molecular weight is 127 g/mol. The number of rotatable bonds is 1. The van der Waals surface area contributed by atoms with E-state index in [2.05, 4.69) is 18.4 Å². The molecule has 1 atom stereocenters. The Morgan fingerprint density at radius 3 is 3.00 bits per heavy atom. The van der Waals surface area contributed by atoms with E-state index in [4.69, 9.17) is 4.74 Å². The zero-order valence-corrected chi connectivity index (χ0v) is 5.84. The molecule has 1 fully saturated rings. The van der Waals surface area contributed by atoms with Crippen molar-refractivity contribution in [3.8, 4) is 0 Å². The molecule has 2 nitrogen and oxygen atoms in total. The Hall–Kier alpha value is -0.500. The number of morpholine rings is 1. The summed E-state index contributed by atoms with van der Waals surface area (Å²) in [5.41, 5.74) is 0. The molecular formula is C7H13NO. The van der Waals surface area contributed by atoms with E-state index >= 15 is 0 Å². The fraction of sp³-hybridized carbons (Fsp3) is 0.714. The fourth-order valence-corrected chi connectivity index (χ4v) is 1.01. The van der Waals surface area contributed by atoms with Crippen LogP contribution in [0.4, 0.5) is 0 Å². The van der Waals surface area contributed by atoms with Crippen molar-refractivity contribution >= 4 is 0 Å². The van der Waals surface area contributed by atoms with Gasteiger partial charge in [-0.15, -0.1) is 0 Å². The summed E-state index contributed by atoms with van der Waals surface area (Å²) in [6.45, 7) is 8.52. The molecule has 1 saturated heterocycles. The molecule has 0 spiro atoms. The van der Waals surface area contributed by atoms with Crippen molar-refractivity contribution in [1.29, 1.82) is 0 Å². The molecule has 0 bridgehead atoms. The van der Waals surface area contributed by atoms with E-state index in [1.165, 1.54) is 0 Å². The van der Waals surface area contributed by atoms with Crippen molar-refractivity contribution in [3.05, 3.63) is 12.8 Å². The molecule has 0 radical (unpaired) electrons. The van der Waals surface area contributed by atoms with Crippen LogP contribution in [0.25, 0.3) is 0 Å². The van der Waals surface area contributed by atoms with Crippen LogP contribution >= 0.6 is 0 Å². The third kappa shape index (κ3) is 1.45. The van der Waals surface area contributed by atoms with Crippen LogP contribution in [0.5, 0.6) is 0 Å². The molecule has 0 saturated carbocycles. The minimum atomic E-state index is 0.510. The topological polar surface area (TPSA) is 12.5 Å². The van der Waals surface area contributed by atoms with E-state index in [0.717, 1.165) is 19.8 Å². The SMILES string of the molecule is C=CN1CCOCC1C. The van der Waals surface area contributed by atoms with Gasteiger partial charge in [-0.25, -0.2) is 0 Å². The van der Waals surface area contributed by atoms with Crippen LogP contribution in [-0.2, 0) is 4.74 Å². The predicted octanol–water partition coefficient (Wildman–Crippen LogP) is 0.851. The highest BCUT2D eigenvalue weighted by Gasteiger charge is 2.13. The standard InChI is InChI=1S/C7H13NO/c1-3-8-4-5-9-6-7(8)2/h3,7H,1,4-6H2,2H3. The lowest BCUT2D eigenvalue weighted by Crippen LogP contribution is -2.39. The lowest BCUT2D eigenvalue weighted by Gasteiger charge is -2.31. The van der Waals surface area contributed by atoms with Crippen LogP contribution < -0.4 is 0 Å². The number of nitrogens with zero attached hydrogens (tertiary/aromatic N) is 1. The van der Waals surface area contributed by atoms with Crippen LogP contribution in [-0.4, -0.2) is 30.7 Å². The second kappa shape index (κ2) is 2.87. The Balaban J connectivity index is 2.38. The zero-order chi connectivity index (χ0) is 6.69. The Morgan fingerprint density at radius 1 is 1.78 bits per heavy atom. The van der Waals surface area contributed by atoms with Crippen molar-refractivity contribution in [2.75, 3.05) is 19.8 Å². The molecule has 2 heteroatoms. The second-order valence-electron chi connectivity index (χ2n) is 2.34. The first-order valence-electron chi connectivity index (χ1n) is 3.30. The summed E-state index contributed by atoms with van der Waals surface area (Å²) < 4.78 is 5.22. The first-order valence-corrected chi connectivity index (χ1v) is 3.30. The molecule has 0 aromatic heterocycles. The summed E-state index contributed by atoms with van der Waals surface area (Å²) in [6.07, 6.45) is 1.88. The molecule has 0 aromatic rings. The average Bonchev–Trinajstić information content (AvgIpc) is 1.89. The van der Waals surface area contributed by atoms with Gasteiger partial charge in [0.2, 0.25) is 0 Å². The number of hydrogen-bond acceptors (Lipinski definition) is 2. The van der Waals surface area contributed by atoms with Crippen molar-refractivity contribution < 1.29 is 4.74 Å². The van der Waals surface area contributed by atoms with Gasteiger partial charge in [-0.1, -0.05) is 6.58 Å². The molecule has 1 heterocycles. The van der Waals surface area contributed by atoms with Crippen molar-refractivity contribution in [1.82, 2.24) is 4.90 Å². The van der Waals surface area contributed by atoms with Crippen LogP contribution in [0.15, 0.2) is 12.8 Å². The Morgan fingerprint density at radius 2 is 2.56 bits per heavy atom. The van der Waals surface area contributed by atoms with Gasteiger partial charge in [0.05, 0.1) is 13.2 Å². The van der Waals surface area contributed by atoms with Gasteiger partial charge in [0.25, 0.3) is 0 Å². The monoisotopic (exact) mass is 127 g/mol. The maximum Gasteiger partial charge on any atom is 0.0667 e. The third-order valence-electron chi connectivity index (χ3n) is 1.65. The van der Waals surface area contributed by atoms with E-state index in [0.29, 0.717) is 6.04 Å². The Labute approximate surface area is 56.1 Å². The second-order valence-corrected chi connectivity index (χ2v) is 2.34. The van der Waals surface area contributed by atoms with Gasteiger partial charge in [-0.05, 0) is 13.1 Å². The van der Waals surface area contributed by atoms with Gasteiger partial charge in [0.1, 0.15) is 0 Å². The molecular weight excluding hydrogens is 114 g/mol. The maximum atomic E-state index is 5.22. The minimum absolute atomic E-state index is 0.510. The third-order valence-corrected chi connectivity index (χ3v) is 1.65. The van der Waals surface area contributed by atoms with Crippen LogP contribution in [0, 0.1) is 0 Å². The smallest absolute Gasteiger partial charge is 0.0667 e. The number of hydrogen-bond donors (Lipinski definition) is 0. The quantitative estimate of drug-likeness (QED) is 0.517. The van der Waals surface area contributed by atoms with Crippen molar-refractivity contribution in [3.63, 3.8) is 0 Å². The van der Waals surface area contributed by atoms with Gasteiger partial charge in [0, 0.05) is 12.6 Å². The Kier molecular flexibility index (Phi) is 2.11. The summed E-state index contributed by atoms with van der Waals surface area (Å²) in [6, 6.07) is 0.510. The summed E-state index contributed by atoms with van der Waals surface area (Å²) in [5, 5.41) is 0. The molecule has 1 aliphatic heterocycles. The normalized spacial score (nSPS) is 28.1. The van der Waals surface area contributed by atoms with Gasteiger partial charge < -0.3 is 9.64 Å². The van der Waals surface area contributed by atoms with E-state index < -0.39 is 0 Å². The molecule has 0 aliphatic carbocycles. The summed E-state index contributed by atoms with van der Waals surface area (Å²) in [5.74, 6) is 0. The largest absolute Gasteiger partial charge is 0.377 e. The first-order chi connectivity index (χ1) is 4.34. The van der Waals surface area contributed by atoms with E-state index in [1.54, 1.807) is 0 Å². The highest BCUT2D eigenvalue weighted by molar-refractivity contribution is 4.79. The van der Waals surface area contributed by atoms with Gasteiger partial charge >= 0.3 is 0 Å². The lowest BCUT2D eigenvalue weighted by molar-refractivity contribution is 0.0234. The summed E-state index contributed by atoms with van der Waals surface area (Å²) in [7, 11) is 0. The molecule has 9 heavy (non-hydrogen) atoms. The maximum absolute atomic E-state index is 5.22. The Bertz CT molecular complexity index is 103. The van der Waals surface area contributed by atoms with E-state index in [9.17, 15) is 0 Å². The summed E-state index contributed by atoms with van der Waals surface area (Å²) >= 11 is 0. The predicted molar refractivity (Wildman–Crippen MR) is 37.2 cm³/mol. The van der Waals surface area contributed by atoms with Crippen molar-refractivity contribution in [2.24, 2.45) is 0 Å². The van der Waals surface area contributed by atoms with Crippen LogP contribution in [0.2, 0.25) is 0 Å². The van der Waals surface area contributed by atoms with Crippen LogP contribution in [0.3, 0.4) is 0 Å². The first kappa shape index (κ1) is 6.62. The van der Waals surface area contributed by atoms with Gasteiger partial charge in [0.15, 0.2) is 0 Å². The molecule has 0 amide bonds. The van der Waals surface area contributed by atoms with Gasteiger partial charge in [-0.2, -0.15) is 0 Å². The fourth-order valence-electron chi connectivity index (χ4n) is 1.01. The summed E-state index contributed by atoms with van der Waals surface area (Å²) in [4.78, 5) is 2.20. The number of ether oxygens (including phenoxy) is 1. The van der Waals surface area contributed by atoms with E-state index in [1.807, 2.05) is 6.20 Å². The highest BCUT2D eigenvalue weighted by atomic mass is 16.5. The molecule has 1 aliphatic rings. The molecule has 52 valence electrons. The van der Waals surface area contributed by atoms with Crippen LogP contribution in [0.1, 0.15) is 6.92 Å². The zero-order valence-electron chi connectivity index (χ0n) is 5.84. The van der Waals surface area contributed by atoms with Crippen molar-refractivity contribution in [2.45, 2.75) is 13.0 Å². The minimum Gasteiger partial charge on any atom is -0.377 e.